The highest BCUT2D eigenvalue weighted by Gasteiger charge is 2.32. The van der Waals surface area contributed by atoms with Gasteiger partial charge in [-0.25, -0.2) is 0 Å². The smallest absolute Gasteiger partial charge is 0.195 e. The highest BCUT2D eigenvalue weighted by atomic mass is 127. The Kier molecular flexibility index (Phi) is 9.30. The zero-order valence-corrected chi connectivity index (χ0v) is 17.6. The Balaban J connectivity index is 0.00000312. The molecule has 2 N–H and O–H groups in total. The lowest BCUT2D eigenvalue weighted by molar-refractivity contribution is -0.0854. The summed E-state index contributed by atoms with van der Waals surface area (Å²) in [7, 11) is 6.71. The lowest BCUT2D eigenvalue weighted by Crippen LogP contribution is -2.49. The number of aliphatic imine (C=N–C) groups is 1. The molecule has 8 heteroatoms. The van der Waals surface area contributed by atoms with Gasteiger partial charge in [-0.2, -0.15) is 0 Å². The number of rotatable bonds is 6. The fourth-order valence-electron chi connectivity index (χ4n) is 2.67. The molecule has 0 unspecified atom stereocenters. The Hall–Kier alpha value is -1.26. The summed E-state index contributed by atoms with van der Waals surface area (Å²) in [4.78, 5) is 4.27. The summed E-state index contributed by atoms with van der Waals surface area (Å²) in [5, 5.41) is 6.58. The Morgan fingerprint density at radius 3 is 2.40 bits per heavy atom. The van der Waals surface area contributed by atoms with Gasteiger partial charge in [0.2, 0.25) is 0 Å². The van der Waals surface area contributed by atoms with Crippen LogP contribution in [0.25, 0.3) is 0 Å². The minimum Gasteiger partial charge on any atom is -0.493 e. The quantitative estimate of drug-likeness (QED) is 0.382. The SMILES string of the molecule is CN=C(NCC1(OC)CCOCC1)Nc1ccc(OC)c(OC)c1.I. The highest BCUT2D eigenvalue weighted by molar-refractivity contribution is 14.0. The van der Waals surface area contributed by atoms with Crippen molar-refractivity contribution >= 4 is 35.6 Å². The normalized spacial score (nSPS) is 16.6. The number of hydrogen-bond acceptors (Lipinski definition) is 5. The predicted molar refractivity (Wildman–Crippen MR) is 110 cm³/mol. The van der Waals surface area contributed by atoms with E-state index in [1.807, 2.05) is 18.2 Å². The van der Waals surface area contributed by atoms with E-state index in [2.05, 4.69) is 15.6 Å². The number of halogens is 1. The third-order valence-electron chi connectivity index (χ3n) is 4.28. The van der Waals surface area contributed by atoms with Gasteiger partial charge in [0.05, 0.1) is 19.8 Å². The number of guanidine groups is 1. The van der Waals surface area contributed by atoms with Crippen molar-refractivity contribution in [3.05, 3.63) is 18.2 Å². The molecule has 1 aliphatic rings. The summed E-state index contributed by atoms with van der Waals surface area (Å²) >= 11 is 0. The fraction of sp³-hybridized carbons (Fsp3) is 0.588. The number of ether oxygens (including phenoxy) is 4. The molecule has 0 amide bonds. The van der Waals surface area contributed by atoms with Gasteiger partial charge in [-0.05, 0) is 12.1 Å². The van der Waals surface area contributed by atoms with E-state index in [1.165, 1.54) is 0 Å². The number of methoxy groups -OCH3 is 3. The zero-order chi connectivity index (χ0) is 17.4. The van der Waals surface area contributed by atoms with Gasteiger partial charge in [-0.3, -0.25) is 4.99 Å². The third-order valence-corrected chi connectivity index (χ3v) is 4.28. The van der Waals surface area contributed by atoms with Gasteiger partial charge in [-0.15, -0.1) is 24.0 Å². The summed E-state index contributed by atoms with van der Waals surface area (Å²) < 4.78 is 21.7. The molecule has 1 heterocycles. The number of anilines is 1. The van der Waals surface area contributed by atoms with Gasteiger partial charge >= 0.3 is 0 Å². The monoisotopic (exact) mass is 465 g/mol. The summed E-state index contributed by atoms with van der Waals surface area (Å²) in [5.41, 5.74) is 0.646. The van der Waals surface area contributed by atoms with E-state index in [0.29, 0.717) is 24.0 Å². The van der Waals surface area contributed by atoms with Crippen LogP contribution in [-0.4, -0.2) is 59.7 Å². The van der Waals surface area contributed by atoms with Crippen molar-refractivity contribution in [2.24, 2.45) is 4.99 Å². The third kappa shape index (κ3) is 5.89. The maximum Gasteiger partial charge on any atom is 0.195 e. The van der Waals surface area contributed by atoms with Gasteiger partial charge in [0, 0.05) is 58.5 Å². The van der Waals surface area contributed by atoms with Crippen LogP contribution in [0.5, 0.6) is 11.5 Å². The molecule has 0 saturated carbocycles. The fourth-order valence-corrected chi connectivity index (χ4v) is 2.67. The van der Waals surface area contributed by atoms with Crippen molar-refractivity contribution in [3.63, 3.8) is 0 Å². The minimum absolute atomic E-state index is 0. The summed E-state index contributed by atoms with van der Waals surface area (Å²) in [6.45, 7) is 2.11. The molecule has 0 aromatic heterocycles. The van der Waals surface area contributed by atoms with E-state index >= 15 is 0 Å². The van der Waals surface area contributed by atoms with E-state index in [-0.39, 0.29) is 29.6 Å². The minimum atomic E-state index is -0.215. The first-order valence-electron chi connectivity index (χ1n) is 7.99. The molecule has 142 valence electrons. The Morgan fingerprint density at radius 2 is 1.84 bits per heavy atom. The van der Waals surface area contributed by atoms with Crippen LogP contribution in [0.4, 0.5) is 5.69 Å². The first kappa shape index (κ1) is 21.8. The number of benzene rings is 1. The number of nitrogens with one attached hydrogen (secondary N) is 2. The van der Waals surface area contributed by atoms with Crippen LogP contribution in [0.15, 0.2) is 23.2 Å². The molecule has 7 nitrogen and oxygen atoms in total. The molecular formula is C17H28IN3O4. The second-order valence-electron chi connectivity index (χ2n) is 5.62. The highest BCUT2D eigenvalue weighted by Crippen LogP contribution is 2.29. The predicted octanol–water partition coefficient (Wildman–Crippen LogP) is 2.50. The van der Waals surface area contributed by atoms with Crippen molar-refractivity contribution in [1.82, 2.24) is 5.32 Å². The molecule has 1 aromatic carbocycles. The molecule has 1 aliphatic heterocycles. The summed E-state index contributed by atoms with van der Waals surface area (Å²) in [5.74, 6) is 2.02. The molecule has 1 fully saturated rings. The standard InChI is InChI=1S/C17H27N3O4.HI/c1-18-16(19-12-17(23-4)7-9-24-10-8-17)20-13-5-6-14(21-2)15(11-13)22-3;/h5-6,11H,7-10,12H2,1-4H3,(H2,18,19,20);1H. The topological polar surface area (TPSA) is 73.3 Å². The second-order valence-corrected chi connectivity index (χ2v) is 5.62. The van der Waals surface area contributed by atoms with E-state index in [0.717, 1.165) is 31.7 Å². The Bertz CT molecular complexity index is 563. The lowest BCUT2D eigenvalue weighted by atomic mass is 9.94. The van der Waals surface area contributed by atoms with Gasteiger partial charge in [0.25, 0.3) is 0 Å². The maximum atomic E-state index is 5.73. The number of hydrogen-bond donors (Lipinski definition) is 2. The van der Waals surface area contributed by atoms with Crippen LogP contribution < -0.4 is 20.1 Å². The van der Waals surface area contributed by atoms with Gasteiger partial charge in [0.1, 0.15) is 0 Å². The molecular weight excluding hydrogens is 437 g/mol. The van der Waals surface area contributed by atoms with E-state index in [9.17, 15) is 0 Å². The van der Waals surface area contributed by atoms with Gasteiger partial charge < -0.3 is 29.6 Å². The average Bonchev–Trinajstić information content (AvgIpc) is 2.65. The molecule has 1 aromatic rings. The molecule has 0 atom stereocenters. The van der Waals surface area contributed by atoms with Crippen molar-refractivity contribution in [2.45, 2.75) is 18.4 Å². The molecule has 0 aliphatic carbocycles. The first-order valence-corrected chi connectivity index (χ1v) is 7.99. The largest absolute Gasteiger partial charge is 0.493 e. The Labute approximate surface area is 166 Å². The van der Waals surface area contributed by atoms with Crippen molar-refractivity contribution < 1.29 is 18.9 Å². The molecule has 0 spiro atoms. The lowest BCUT2D eigenvalue weighted by Gasteiger charge is -2.36. The van der Waals surface area contributed by atoms with E-state index < -0.39 is 0 Å². The van der Waals surface area contributed by atoms with Crippen LogP contribution in [0.2, 0.25) is 0 Å². The van der Waals surface area contributed by atoms with Crippen LogP contribution >= 0.6 is 24.0 Å². The molecule has 0 radical (unpaired) electrons. The molecule has 25 heavy (non-hydrogen) atoms. The van der Waals surface area contributed by atoms with E-state index in [1.54, 1.807) is 28.4 Å². The van der Waals surface area contributed by atoms with Crippen molar-refractivity contribution in [2.75, 3.05) is 53.5 Å². The molecule has 2 rings (SSSR count). The van der Waals surface area contributed by atoms with Crippen LogP contribution in [0.1, 0.15) is 12.8 Å². The van der Waals surface area contributed by atoms with Crippen LogP contribution in [-0.2, 0) is 9.47 Å². The van der Waals surface area contributed by atoms with Crippen molar-refractivity contribution in [1.29, 1.82) is 0 Å². The van der Waals surface area contributed by atoms with E-state index in [4.69, 9.17) is 18.9 Å². The average molecular weight is 465 g/mol. The first-order chi connectivity index (χ1) is 11.7. The van der Waals surface area contributed by atoms with Crippen LogP contribution in [0, 0.1) is 0 Å². The van der Waals surface area contributed by atoms with Crippen LogP contribution in [0.3, 0.4) is 0 Å². The van der Waals surface area contributed by atoms with Gasteiger partial charge in [0.15, 0.2) is 17.5 Å². The maximum absolute atomic E-state index is 5.73. The zero-order valence-electron chi connectivity index (χ0n) is 15.3. The second kappa shape index (κ2) is 10.7. The van der Waals surface area contributed by atoms with Gasteiger partial charge in [-0.1, -0.05) is 0 Å². The Morgan fingerprint density at radius 1 is 1.16 bits per heavy atom. The van der Waals surface area contributed by atoms with Crippen molar-refractivity contribution in [3.8, 4) is 11.5 Å². The number of nitrogens with zero attached hydrogens (tertiary/aromatic N) is 1. The summed E-state index contributed by atoms with van der Waals surface area (Å²) in [6.07, 6.45) is 1.73. The summed E-state index contributed by atoms with van der Waals surface area (Å²) in [6, 6.07) is 5.63. The molecule has 1 saturated heterocycles. The molecule has 0 bridgehead atoms.